The quantitative estimate of drug-likeness (QED) is 0.692. The van der Waals surface area contributed by atoms with Crippen molar-refractivity contribution in [3.8, 4) is 0 Å². The average molecular weight is 274 g/mol. The summed E-state index contributed by atoms with van der Waals surface area (Å²) in [6.07, 6.45) is 6.44. The van der Waals surface area contributed by atoms with Gasteiger partial charge in [0.2, 0.25) is 0 Å². The maximum atomic E-state index is 5.80. The van der Waals surface area contributed by atoms with Gasteiger partial charge < -0.3 is 0 Å². The van der Waals surface area contributed by atoms with E-state index in [0.717, 1.165) is 24.1 Å². The number of aromatic nitrogens is 1. The fourth-order valence-electron chi connectivity index (χ4n) is 2.12. The summed E-state index contributed by atoms with van der Waals surface area (Å²) in [5.41, 5.74) is 4.99. The van der Waals surface area contributed by atoms with E-state index < -0.39 is 0 Å². The molecule has 0 fully saturated rings. The van der Waals surface area contributed by atoms with E-state index in [9.17, 15) is 0 Å². The maximum absolute atomic E-state index is 5.80. The lowest BCUT2D eigenvalue weighted by Crippen LogP contribution is -1.95. The fourth-order valence-corrected chi connectivity index (χ4v) is 2.29. The highest BCUT2D eigenvalue weighted by Gasteiger charge is 2.00. The zero-order valence-corrected chi connectivity index (χ0v) is 12.2. The van der Waals surface area contributed by atoms with Crippen LogP contribution in [0.3, 0.4) is 0 Å². The van der Waals surface area contributed by atoms with Crippen LogP contribution in [0.2, 0.25) is 0 Å². The number of rotatable bonds is 6. The SMILES string of the molecule is CCCCc1ccnc(Cc2ccc(CCl)cc2)c1. The van der Waals surface area contributed by atoms with Crippen molar-refractivity contribution in [2.75, 3.05) is 0 Å². The van der Waals surface area contributed by atoms with Crippen molar-refractivity contribution < 1.29 is 0 Å². The molecule has 0 aliphatic heterocycles. The van der Waals surface area contributed by atoms with Crippen LogP contribution in [0.5, 0.6) is 0 Å². The first-order chi connectivity index (χ1) is 9.31. The molecule has 0 aliphatic rings. The summed E-state index contributed by atoms with van der Waals surface area (Å²) in [7, 11) is 0. The maximum Gasteiger partial charge on any atom is 0.0474 e. The van der Waals surface area contributed by atoms with Gasteiger partial charge in [-0.25, -0.2) is 0 Å². The molecule has 0 aliphatic carbocycles. The molecule has 0 saturated carbocycles. The topological polar surface area (TPSA) is 12.9 Å². The average Bonchev–Trinajstić information content (AvgIpc) is 2.46. The monoisotopic (exact) mass is 273 g/mol. The molecular weight excluding hydrogens is 254 g/mol. The van der Waals surface area contributed by atoms with Gasteiger partial charge in [-0.15, -0.1) is 11.6 Å². The molecule has 0 saturated heterocycles. The van der Waals surface area contributed by atoms with E-state index in [1.807, 2.05) is 6.20 Å². The molecule has 0 N–H and O–H groups in total. The summed E-state index contributed by atoms with van der Waals surface area (Å²) in [5.74, 6) is 0.574. The molecule has 100 valence electrons. The zero-order valence-electron chi connectivity index (χ0n) is 11.4. The number of unbranched alkanes of at least 4 members (excludes halogenated alkanes) is 1. The smallest absolute Gasteiger partial charge is 0.0474 e. The highest BCUT2D eigenvalue weighted by atomic mass is 35.5. The van der Waals surface area contributed by atoms with Crippen molar-refractivity contribution in [3.05, 3.63) is 65.0 Å². The number of nitrogens with zero attached hydrogens (tertiary/aromatic N) is 1. The second-order valence-electron chi connectivity index (χ2n) is 4.89. The van der Waals surface area contributed by atoms with Crippen LogP contribution in [0.1, 0.15) is 42.1 Å². The summed E-state index contributed by atoms with van der Waals surface area (Å²) in [5, 5.41) is 0. The van der Waals surface area contributed by atoms with Gasteiger partial charge in [0.05, 0.1) is 0 Å². The standard InChI is InChI=1S/C17H20ClN/c1-2-3-4-14-9-10-19-17(11-14)12-15-5-7-16(13-18)8-6-15/h5-11H,2-4,12-13H2,1H3. The lowest BCUT2D eigenvalue weighted by Gasteiger charge is -2.05. The van der Waals surface area contributed by atoms with Gasteiger partial charge in [-0.05, 0) is 41.7 Å². The van der Waals surface area contributed by atoms with Crippen molar-refractivity contribution in [2.45, 2.75) is 38.5 Å². The molecule has 1 aromatic heterocycles. The minimum atomic E-state index is 0.574. The van der Waals surface area contributed by atoms with E-state index in [4.69, 9.17) is 11.6 Å². The predicted octanol–water partition coefficient (Wildman–Crippen LogP) is 4.75. The zero-order chi connectivity index (χ0) is 13.5. The summed E-state index contributed by atoms with van der Waals surface area (Å²) in [6.45, 7) is 2.22. The van der Waals surface area contributed by atoms with Crippen molar-refractivity contribution >= 4 is 11.6 Å². The summed E-state index contributed by atoms with van der Waals surface area (Å²) in [4.78, 5) is 4.46. The number of hydrogen-bond acceptors (Lipinski definition) is 1. The lowest BCUT2D eigenvalue weighted by molar-refractivity contribution is 0.792. The molecule has 0 unspecified atom stereocenters. The third-order valence-corrected chi connectivity index (χ3v) is 3.57. The second-order valence-corrected chi connectivity index (χ2v) is 5.15. The van der Waals surface area contributed by atoms with Gasteiger partial charge in [-0.1, -0.05) is 37.6 Å². The van der Waals surface area contributed by atoms with E-state index in [2.05, 4.69) is 48.3 Å². The molecule has 2 rings (SSSR count). The van der Waals surface area contributed by atoms with Crippen molar-refractivity contribution in [2.24, 2.45) is 0 Å². The molecule has 1 heterocycles. The van der Waals surface area contributed by atoms with E-state index in [1.54, 1.807) is 0 Å². The summed E-state index contributed by atoms with van der Waals surface area (Å²) < 4.78 is 0. The number of alkyl halides is 1. The van der Waals surface area contributed by atoms with Crippen molar-refractivity contribution in [1.29, 1.82) is 0 Å². The first kappa shape index (κ1) is 14.1. The Kier molecular flexibility index (Phi) is 5.41. The van der Waals surface area contributed by atoms with Gasteiger partial charge in [0.25, 0.3) is 0 Å². The van der Waals surface area contributed by atoms with Gasteiger partial charge in [0.1, 0.15) is 0 Å². The van der Waals surface area contributed by atoms with Crippen molar-refractivity contribution in [1.82, 2.24) is 4.98 Å². The molecule has 1 nitrogen and oxygen atoms in total. The van der Waals surface area contributed by atoms with E-state index in [0.29, 0.717) is 5.88 Å². The Morgan fingerprint density at radius 3 is 2.42 bits per heavy atom. The third kappa shape index (κ3) is 4.36. The number of pyridine rings is 1. The molecule has 2 aromatic rings. The highest BCUT2D eigenvalue weighted by Crippen LogP contribution is 2.13. The number of aryl methyl sites for hydroxylation is 1. The van der Waals surface area contributed by atoms with Crippen LogP contribution in [-0.4, -0.2) is 4.98 Å². The van der Waals surface area contributed by atoms with Gasteiger partial charge in [0, 0.05) is 24.2 Å². The predicted molar refractivity (Wildman–Crippen MR) is 81.7 cm³/mol. The molecule has 0 amide bonds. The molecule has 0 atom stereocenters. The molecule has 19 heavy (non-hydrogen) atoms. The second kappa shape index (κ2) is 7.30. The first-order valence-electron chi connectivity index (χ1n) is 6.89. The Bertz CT molecular complexity index is 505. The van der Waals surface area contributed by atoms with Gasteiger partial charge in [-0.2, -0.15) is 0 Å². The first-order valence-corrected chi connectivity index (χ1v) is 7.43. The van der Waals surface area contributed by atoms with E-state index >= 15 is 0 Å². The van der Waals surface area contributed by atoms with Gasteiger partial charge in [0.15, 0.2) is 0 Å². The summed E-state index contributed by atoms with van der Waals surface area (Å²) >= 11 is 5.80. The molecule has 0 spiro atoms. The molecule has 0 bridgehead atoms. The van der Waals surface area contributed by atoms with Crippen LogP contribution < -0.4 is 0 Å². The Morgan fingerprint density at radius 1 is 1.00 bits per heavy atom. The molecule has 0 radical (unpaired) electrons. The third-order valence-electron chi connectivity index (χ3n) is 3.26. The fraction of sp³-hybridized carbons (Fsp3) is 0.353. The molecule has 2 heteroatoms. The summed E-state index contributed by atoms with van der Waals surface area (Å²) in [6, 6.07) is 12.8. The number of benzene rings is 1. The Labute approximate surface area is 120 Å². The van der Waals surface area contributed by atoms with Crippen LogP contribution >= 0.6 is 11.6 Å². The highest BCUT2D eigenvalue weighted by molar-refractivity contribution is 6.17. The Hall–Kier alpha value is -1.34. The van der Waals surface area contributed by atoms with Gasteiger partial charge in [-0.3, -0.25) is 4.98 Å². The lowest BCUT2D eigenvalue weighted by atomic mass is 10.0. The Morgan fingerprint density at radius 2 is 1.74 bits per heavy atom. The normalized spacial score (nSPS) is 10.6. The van der Waals surface area contributed by atoms with Crippen LogP contribution in [0.15, 0.2) is 42.6 Å². The molecule has 1 aromatic carbocycles. The van der Waals surface area contributed by atoms with E-state index in [1.165, 1.54) is 24.0 Å². The van der Waals surface area contributed by atoms with Crippen LogP contribution in [0.4, 0.5) is 0 Å². The minimum absolute atomic E-state index is 0.574. The van der Waals surface area contributed by atoms with Crippen LogP contribution in [0.25, 0.3) is 0 Å². The van der Waals surface area contributed by atoms with Crippen LogP contribution in [-0.2, 0) is 18.7 Å². The van der Waals surface area contributed by atoms with E-state index in [-0.39, 0.29) is 0 Å². The van der Waals surface area contributed by atoms with Crippen molar-refractivity contribution in [3.63, 3.8) is 0 Å². The minimum Gasteiger partial charge on any atom is -0.261 e. The number of hydrogen-bond donors (Lipinski definition) is 0. The Balaban J connectivity index is 2.05. The van der Waals surface area contributed by atoms with Gasteiger partial charge >= 0.3 is 0 Å². The molecular formula is C17H20ClN. The largest absolute Gasteiger partial charge is 0.261 e. The van der Waals surface area contributed by atoms with Crippen LogP contribution in [0, 0.1) is 0 Å². The number of halogens is 1.